The molecule has 6 nitrogen and oxygen atoms in total. The molecule has 1 amide bonds. The molecule has 0 spiro atoms. The molecule has 2 heterocycles. The standard InChI is InChI=1S/C25H25ClN4O2/c1-14-10-16(3)24-21(11-14)15(2)12-22(27-24)30-23(13-17(4)29-30)28-25(31)18(5)32-20-8-6-19(26)7-9-20/h6-13,18H,1-5H3,(H,28,31). The van der Waals surface area contributed by atoms with Crippen LogP contribution < -0.4 is 10.1 Å². The maximum atomic E-state index is 12.8. The summed E-state index contributed by atoms with van der Waals surface area (Å²) >= 11 is 5.91. The first-order chi connectivity index (χ1) is 15.2. The Kier molecular flexibility index (Phi) is 5.89. The number of pyridine rings is 1. The summed E-state index contributed by atoms with van der Waals surface area (Å²) < 4.78 is 7.40. The smallest absolute Gasteiger partial charge is 0.266 e. The third-order valence-corrected chi connectivity index (χ3v) is 5.49. The monoisotopic (exact) mass is 448 g/mol. The van der Waals surface area contributed by atoms with E-state index in [0.29, 0.717) is 22.4 Å². The van der Waals surface area contributed by atoms with E-state index in [1.54, 1.807) is 35.9 Å². The van der Waals surface area contributed by atoms with Crippen molar-refractivity contribution in [3.05, 3.63) is 75.9 Å². The summed E-state index contributed by atoms with van der Waals surface area (Å²) in [5.41, 5.74) is 5.10. The van der Waals surface area contributed by atoms with E-state index in [-0.39, 0.29) is 5.91 Å². The van der Waals surface area contributed by atoms with Gasteiger partial charge in [0.15, 0.2) is 11.9 Å². The van der Waals surface area contributed by atoms with Crippen molar-refractivity contribution >= 4 is 34.2 Å². The predicted molar refractivity (Wildman–Crippen MR) is 128 cm³/mol. The van der Waals surface area contributed by atoms with Gasteiger partial charge in [0.05, 0.1) is 11.2 Å². The average molecular weight is 449 g/mol. The Morgan fingerprint density at radius 3 is 2.47 bits per heavy atom. The lowest BCUT2D eigenvalue weighted by molar-refractivity contribution is -0.122. The number of nitrogens with zero attached hydrogens (tertiary/aromatic N) is 3. The maximum Gasteiger partial charge on any atom is 0.266 e. The molecule has 1 unspecified atom stereocenters. The van der Waals surface area contributed by atoms with Crippen LogP contribution in [0, 0.1) is 27.7 Å². The highest BCUT2D eigenvalue weighted by molar-refractivity contribution is 6.30. The highest BCUT2D eigenvalue weighted by atomic mass is 35.5. The minimum atomic E-state index is -0.712. The van der Waals surface area contributed by atoms with Gasteiger partial charge in [-0.05, 0) is 82.1 Å². The zero-order chi connectivity index (χ0) is 23.0. The summed E-state index contributed by atoms with van der Waals surface area (Å²) in [5.74, 6) is 1.47. The summed E-state index contributed by atoms with van der Waals surface area (Å²) in [6, 6.07) is 15.0. The first-order valence-electron chi connectivity index (χ1n) is 10.4. The topological polar surface area (TPSA) is 69.0 Å². The van der Waals surface area contributed by atoms with Gasteiger partial charge in [0, 0.05) is 16.5 Å². The van der Waals surface area contributed by atoms with Crippen LogP contribution in [0.1, 0.15) is 29.3 Å². The van der Waals surface area contributed by atoms with Gasteiger partial charge in [0.1, 0.15) is 11.6 Å². The number of hydrogen-bond donors (Lipinski definition) is 1. The second-order valence-electron chi connectivity index (χ2n) is 8.06. The number of hydrogen-bond acceptors (Lipinski definition) is 4. The summed E-state index contributed by atoms with van der Waals surface area (Å²) in [7, 11) is 0. The number of nitrogens with one attached hydrogen (secondary N) is 1. The van der Waals surface area contributed by atoms with E-state index >= 15 is 0 Å². The Balaban J connectivity index is 1.63. The van der Waals surface area contributed by atoms with Gasteiger partial charge >= 0.3 is 0 Å². The number of benzene rings is 2. The Bertz CT molecular complexity index is 1310. The summed E-state index contributed by atoms with van der Waals surface area (Å²) in [4.78, 5) is 17.7. The Morgan fingerprint density at radius 1 is 1.03 bits per heavy atom. The van der Waals surface area contributed by atoms with Crippen molar-refractivity contribution in [3.63, 3.8) is 0 Å². The number of rotatable bonds is 5. The molecule has 2 aromatic heterocycles. The first-order valence-corrected chi connectivity index (χ1v) is 10.8. The van der Waals surface area contributed by atoms with Crippen LogP contribution in [-0.2, 0) is 4.79 Å². The van der Waals surface area contributed by atoms with Crippen LogP contribution in [0.4, 0.5) is 5.82 Å². The second-order valence-corrected chi connectivity index (χ2v) is 8.50. The fourth-order valence-electron chi connectivity index (χ4n) is 3.70. The van der Waals surface area contributed by atoms with Gasteiger partial charge in [-0.25, -0.2) is 4.98 Å². The van der Waals surface area contributed by atoms with Crippen molar-refractivity contribution in [1.29, 1.82) is 0 Å². The number of carbonyl (C=O) groups excluding carboxylic acids is 1. The lowest BCUT2D eigenvalue weighted by atomic mass is 10.0. The van der Waals surface area contributed by atoms with Crippen molar-refractivity contribution in [2.75, 3.05) is 5.32 Å². The van der Waals surface area contributed by atoms with Crippen LogP contribution in [0.3, 0.4) is 0 Å². The van der Waals surface area contributed by atoms with E-state index in [4.69, 9.17) is 21.3 Å². The molecule has 1 atom stereocenters. The van der Waals surface area contributed by atoms with Crippen molar-refractivity contribution in [2.45, 2.75) is 40.7 Å². The minimum absolute atomic E-state index is 0.287. The number of anilines is 1. The van der Waals surface area contributed by atoms with Gasteiger partial charge in [-0.1, -0.05) is 23.2 Å². The van der Waals surface area contributed by atoms with Crippen LogP contribution >= 0.6 is 11.6 Å². The molecule has 0 saturated carbocycles. The molecule has 0 saturated heterocycles. The summed E-state index contributed by atoms with van der Waals surface area (Å²) in [5, 5.41) is 9.21. The van der Waals surface area contributed by atoms with Crippen molar-refractivity contribution in [2.24, 2.45) is 0 Å². The lowest BCUT2D eigenvalue weighted by Gasteiger charge is -2.16. The largest absolute Gasteiger partial charge is 0.481 e. The molecule has 7 heteroatoms. The lowest BCUT2D eigenvalue weighted by Crippen LogP contribution is -2.31. The van der Waals surface area contributed by atoms with Crippen molar-refractivity contribution in [3.8, 4) is 11.6 Å². The molecule has 0 fully saturated rings. The molecule has 0 aliphatic carbocycles. The van der Waals surface area contributed by atoms with Crippen LogP contribution in [-0.4, -0.2) is 26.8 Å². The quantitative estimate of drug-likeness (QED) is 0.424. The average Bonchev–Trinajstić information content (AvgIpc) is 3.10. The van der Waals surface area contributed by atoms with E-state index in [2.05, 4.69) is 43.3 Å². The molecule has 0 radical (unpaired) electrons. The van der Waals surface area contributed by atoms with E-state index in [9.17, 15) is 4.79 Å². The highest BCUT2D eigenvalue weighted by Gasteiger charge is 2.19. The third kappa shape index (κ3) is 4.46. The van der Waals surface area contributed by atoms with Crippen LogP contribution in [0.5, 0.6) is 5.75 Å². The summed E-state index contributed by atoms with van der Waals surface area (Å²) in [6.07, 6.45) is -0.712. The SMILES string of the molecule is Cc1cc(C)c2nc(-n3nc(C)cc3NC(=O)C(C)Oc3ccc(Cl)cc3)cc(C)c2c1. The number of amides is 1. The molecule has 4 aromatic rings. The highest BCUT2D eigenvalue weighted by Crippen LogP contribution is 2.26. The maximum absolute atomic E-state index is 12.8. The molecule has 0 bridgehead atoms. The molecular formula is C25H25ClN4O2. The number of aryl methyl sites for hydroxylation is 4. The number of fused-ring (bicyclic) bond motifs is 1. The molecular weight excluding hydrogens is 424 g/mol. The first kappa shape index (κ1) is 21.8. The third-order valence-electron chi connectivity index (χ3n) is 5.24. The molecule has 164 valence electrons. The van der Waals surface area contributed by atoms with Crippen molar-refractivity contribution in [1.82, 2.24) is 14.8 Å². The van der Waals surface area contributed by atoms with Crippen LogP contribution in [0.15, 0.2) is 48.5 Å². The number of aromatic nitrogens is 3. The van der Waals surface area contributed by atoms with E-state index in [1.165, 1.54) is 5.56 Å². The van der Waals surface area contributed by atoms with E-state index in [0.717, 1.165) is 27.7 Å². The summed E-state index contributed by atoms with van der Waals surface area (Å²) in [6.45, 7) is 9.77. The van der Waals surface area contributed by atoms with Gasteiger partial charge in [0.2, 0.25) is 0 Å². The molecule has 0 aliphatic heterocycles. The number of carbonyl (C=O) groups is 1. The molecule has 32 heavy (non-hydrogen) atoms. The van der Waals surface area contributed by atoms with Crippen LogP contribution in [0.2, 0.25) is 5.02 Å². The Hall–Kier alpha value is -3.38. The fourth-order valence-corrected chi connectivity index (χ4v) is 3.82. The molecule has 4 rings (SSSR count). The molecule has 1 N–H and O–H groups in total. The van der Waals surface area contributed by atoms with Gasteiger partial charge in [-0.15, -0.1) is 0 Å². The van der Waals surface area contributed by atoms with E-state index in [1.807, 2.05) is 19.1 Å². The van der Waals surface area contributed by atoms with Gasteiger partial charge in [0.25, 0.3) is 5.91 Å². The van der Waals surface area contributed by atoms with Crippen LogP contribution in [0.25, 0.3) is 16.7 Å². The Labute approximate surface area is 192 Å². The molecule has 0 aliphatic rings. The van der Waals surface area contributed by atoms with Crippen molar-refractivity contribution < 1.29 is 9.53 Å². The molecule has 2 aromatic carbocycles. The number of halogens is 1. The predicted octanol–water partition coefficient (Wildman–Crippen LogP) is 5.71. The van der Waals surface area contributed by atoms with E-state index < -0.39 is 6.10 Å². The number of ether oxygens (including phenoxy) is 1. The fraction of sp³-hybridized carbons (Fsp3) is 0.240. The zero-order valence-electron chi connectivity index (χ0n) is 18.7. The van der Waals surface area contributed by atoms with Gasteiger partial charge in [-0.3, -0.25) is 4.79 Å². The van der Waals surface area contributed by atoms with Gasteiger partial charge in [-0.2, -0.15) is 9.78 Å². The zero-order valence-corrected chi connectivity index (χ0v) is 19.5. The normalized spacial score (nSPS) is 12.1. The van der Waals surface area contributed by atoms with Gasteiger partial charge < -0.3 is 10.1 Å². The Morgan fingerprint density at radius 2 is 1.75 bits per heavy atom. The second kappa shape index (κ2) is 8.63. The minimum Gasteiger partial charge on any atom is -0.481 e.